The summed E-state index contributed by atoms with van der Waals surface area (Å²) in [6.07, 6.45) is 3.05. The number of aromatic nitrogens is 1. The largest absolute Gasteiger partial charge is 0.387 e. The van der Waals surface area contributed by atoms with Crippen LogP contribution in [0.25, 0.3) is 0 Å². The summed E-state index contributed by atoms with van der Waals surface area (Å²) in [5.41, 5.74) is 1.18. The summed E-state index contributed by atoms with van der Waals surface area (Å²) in [4.78, 5) is 12.4. The van der Waals surface area contributed by atoms with Gasteiger partial charge in [-0.15, -0.1) is 0 Å². The van der Waals surface area contributed by atoms with Gasteiger partial charge in [0.25, 0.3) is 5.91 Å². The number of nitrogens with one attached hydrogen (secondary N) is 2. The van der Waals surface area contributed by atoms with E-state index < -0.39 is 6.10 Å². The lowest BCUT2D eigenvalue weighted by Gasteiger charge is -2.26. The predicted octanol–water partition coefficient (Wildman–Crippen LogP) is 2.02. The summed E-state index contributed by atoms with van der Waals surface area (Å²) >= 11 is 0. The molecule has 1 unspecified atom stereocenters. The lowest BCUT2D eigenvalue weighted by atomic mass is 10.1. The molecule has 1 aliphatic heterocycles. The molecule has 1 aliphatic rings. The van der Waals surface area contributed by atoms with Crippen molar-refractivity contribution in [3.05, 3.63) is 59.7 Å². The molecule has 0 radical (unpaired) electrons. The zero-order valence-corrected chi connectivity index (χ0v) is 13.4. The topological polar surface area (TPSA) is 66.3 Å². The van der Waals surface area contributed by atoms with Crippen molar-refractivity contribution in [2.75, 3.05) is 19.6 Å². The van der Waals surface area contributed by atoms with Crippen molar-refractivity contribution in [2.24, 2.45) is 0 Å². The number of hydrogen-bond donors (Lipinski definition) is 3. The van der Waals surface area contributed by atoms with Crippen LogP contribution in [0.5, 0.6) is 0 Å². The first-order valence-electron chi connectivity index (χ1n) is 8.24. The molecule has 0 aliphatic carbocycles. The Kier molecular flexibility index (Phi) is 5.27. The maximum Gasteiger partial charge on any atom is 0.268 e. The quantitative estimate of drug-likeness (QED) is 0.785. The second kappa shape index (κ2) is 7.59. The van der Waals surface area contributed by atoms with Crippen LogP contribution in [0.15, 0.2) is 42.6 Å². The predicted molar refractivity (Wildman–Crippen MR) is 89.3 cm³/mol. The molecule has 6 heteroatoms. The van der Waals surface area contributed by atoms with E-state index in [9.17, 15) is 14.3 Å². The van der Waals surface area contributed by atoms with Gasteiger partial charge < -0.3 is 20.3 Å². The highest BCUT2D eigenvalue weighted by Gasteiger charge is 2.20. The van der Waals surface area contributed by atoms with E-state index >= 15 is 0 Å². The number of nitrogens with zero attached hydrogens (tertiary/aromatic N) is 1. The Labute approximate surface area is 140 Å². The van der Waals surface area contributed by atoms with Gasteiger partial charge in [-0.25, -0.2) is 4.39 Å². The van der Waals surface area contributed by atoms with E-state index in [4.69, 9.17) is 0 Å². The van der Waals surface area contributed by atoms with E-state index in [1.165, 1.54) is 24.3 Å². The summed E-state index contributed by atoms with van der Waals surface area (Å²) in [6, 6.07) is 9.61. The SMILES string of the molecule is O=C(NCC(O)c1ccc(F)cc1)c1cccn1C1CCNCC1. The van der Waals surface area contributed by atoms with E-state index in [2.05, 4.69) is 10.6 Å². The number of aliphatic hydroxyl groups excluding tert-OH is 1. The molecule has 3 rings (SSSR count). The molecule has 1 aromatic heterocycles. The van der Waals surface area contributed by atoms with Gasteiger partial charge in [-0.1, -0.05) is 12.1 Å². The highest BCUT2D eigenvalue weighted by Crippen LogP contribution is 2.21. The Hall–Kier alpha value is -2.18. The number of piperidine rings is 1. The molecule has 1 amide bonds. The molecule has 1 atom stereocenters. The normalized spacial score (nSPS) is 16.8. The Morgan fingerprint density at radius 3 is 2.71 bits per heavy atom. The van der Waals surface area contributed by atoms with Crippen LogP contribution in [0.3, 0.4) is 0 Å². The second-order valence-corrected chi connectivity index (χ2v) is 6.06. The van der Waals surface area contributed by atoms with Gasteiger partial charge in [-0.3, -0.25) is 4.79 Å². The molecule has 5 nitrogen and oxygen atoms in total. The number of amides is 1. The average Bonchev–Trinajstić information content (AvgIpc) is 3.10. The molecule has 24 heavy (non-hydrogen) atoms. The Balaban J connectivity index is 1.61. The van der Waals surface area contributed by atoms with Crippen molar-refractivity contribution in [1.82, 2.24) is 15.2 Å². The first kappa shape index (κ1) is 16.7. The van der Waals surface area contributed by atoms with Crippen LogP contribution in [0, 0.1) is 5.82 Å². The minimum Gasteiger partial charge on any atom is -0.387 e. The van der Waals surface area contributed by atoms with Crippen molar-refractivity contribution in [3.63, 3.8) is 0 Å². The molecular weight excluding hydrogens is 309 g/mol. The molecular formula is C18H22FN3O2. The van der Waals surface area contributed by atoms with Crippen LogP contribution < -0.4 is 10.6 Å². The van der Waals surface area contributed by atoms with Crippen molar-refractivity contribution in [3.8, 4) is 0 Å². The highest BCUT2D eigenvalue weighted by atomic mass is 19.1. The van der Waals surface area contributed by atoms with Crippen molar-refractivity contribution < 1.29 is 14.3 Å². The van der Waals surface area contributed by atoms with Crippen molar-refractivity contribution >= 4 is 5.91 Å². The average molecular weight is 331 g/mol. The van der Waals surface area contributed by atoms with Crippen LogP contribution >= 0.6 is 0 Å². The fraction of sp³-hybridized carbons (Fsp3) is 0.389. The molecule has 1 aromatic carbocycles. The number of carbonyl (C=O) groups is 1. The number of rotatable bonds is 5. The zero-order chi connectivity index (χ0) is 16.9. The van der Waals surface area contributed by atoms with Crippen molar-refractivity contribution in [1.29, 1.82) is 0 Å². The number of halogens is 1. The molecule has 0 bridgehead atoms. The van der Waals surface area contributed by atoms with Crippen LogP contribution in [0.4, 0.5) is 4.39 Å². The van der Waals surface area contributed by atoms with Crippen LogP contribution in [-0.4, -0.2) is 35.2 Å². The Morgan fingerprint density at radius 1 is 1.29 bits per heavy atom. The van der Waals surface area contributed by atoms with Gasteiger partial charge in [0, 0.05) is 18.8 Å². The van der Waals surface area contributed by atoms with Crippen LogP contribution in [-0.2, 0) is 0 Å². The number of aliphatic hydroxyl groups is 1. The van der Waals surface area contributed by atoms with E-state index in [1.54, 1.807) is 6.07 Å². The minimum absolute atomic E-state index is 0.0852. The summed E-state index contributed by atoms with van der Waals surface area (Å²) < 4.78 is 14.9. The summed E-state index contributed by atoms with van der Waals surface area (Å²) in [6.45, 7) is 1.99. The fourth-order valence-corrected chi connectivity index (χ4v) is 3.07. The third kappa shape index (κ3) is 3.83. The molecule has 128 valence electrons. The molecule has 2 heterocycles. The van der Waals surface area contributed by atoms with Gasteiger partial charge in [0.05, 0.1) is 6.10 Å². The van der Waals surface area contributed by atoms with Gasteiger partial charge in [-0.05, 0) is 55.8 Å². The molecule has 1 fully saturated rings. The molecule has 3 N–H and O–H groups in total. The number of carbonyl (C=O) groups excluding carboxylic acids is 1. The third-order valence-electron chi connectivity index (χ3n) is 4.42. The lowest BCUT2D eigenvalue weighted by molar-refractivity contribution is 0.0903. The lowest BCUT2D eigenvalue weighted by Crippen LogP contribution is -2.33. The summed E-state index contributed by atoms with van der Waals surface area (Å²) in [5.74, 6) is -0.561. The van der Waals surface area contributed by atoms with Crippen LogP contribution in [0.1, 0.15) is 41.0 Å². The number of hydrogen-bond acceptors (Lipinski definition) is 3. The van der Waals surface area contributed by atoms with Gasteiger partial charge in [0.15, 0.2) is 0 Å². The van der Waals surface area contributed by atoms with Gasteiger partial charge in [-0.2, -0.15) is 0 Å². The maximum absolute atomic E-state index is 12.9. The zero-order valence-electron chi connectivity index (χ0n) is 13.4. The summed E-state index contributed by atoms with van der Waals surface area (Å²) in [7, 11) is 0. The second-order valence-electron chi connectivity index (χ2n) is 6.06. The van der Waals surface area contributed by atoms with Crippen molar-refractivity contribution in [2.45, 2.75) is 25.0 Å². The number of benzene rings is 1. The minimum atomic E-state index is -0.864. The van der Waals surface area contributed by atoms with E-state index in [1.807, 2.05) is 16.8 Å². The third-order valence-corrected chi connectivity index (χ3v) is 4.42. The molecule has 0 saturated carbocycles. The molecule has 0 spiro atoms. The standard InChI is InChI=1S/C18H22FN3O2/c19-14-5-3-13(4-6-14)17(23)12-21-18(24)16-2-1-11-22(16)15-7-9-20-10-8-15/h1-6,11,15,17,20,23H,7-10,12H2,(H,21,24). The van der Waals surface area contributed by atoms with Gasteiger partial charge in [0.2, 0.25) is 0 Å². The molecule has 2 aromatic rings. The van der Waals surface area contributed by atoms with Crippen LogP contribution in [0.2, 0.25) is 0 Å². The fourth-order valence-electron chi connectivity index (χ4n) is 3.07. The smallest absolute Gasteiger partial charge is 0.268 e. The Bertz CT molecular complexity index is 678. The van der Waals surface area contributed by atoms with Gasteiger partial charge in [0.1, 0.15) is 11.5 Å². The Morgan fingerprint density at radius 2 is 2.00 bits per heavy atom. The van der Waals surface area contributed by atoms with E-state index in [0.717, 1.165) is 25.9 Å². The van der Waals surface area contributed by atoms with E-state index in [0.29, 0.717) is 17.3 Å². The maximum atomic E-state index is 12.9. The first-order valence-corrected chi connectivity index (χ1v) is 8.24. The van der Waals surface area contributed by atoms with E-state index in [-0.39, 0.29) is 18.3 Å². The van der Waals surface area contributed by atoms with Gasteiger partial charge >= 0.3 is 0 Å². The first-order chi connectivity index (χ1) is 11.6. The highest BCUT2D eigenvalue weighted by molar-refractivity contribution is 5.92. The summed E-state index contributed by atoms with van der Waals surface area (Å²) in [5, 5.41) is 16.2. The molecule has 1 saturated heterocycles. The monoisotopic (exact) mass is 331 g/mol.